The van der Waals surface area contributed by atoms with Crippen molar-refractivity contribution in [1.29, 1.82) is 0 Å². The van der Waals surface area contributed by atoms with Crippen molar-refractivity contribution in [3.63, 3.8) is 0 Å². The Morgan fingerprint density at radius 1 is 1.16 bits per heavy atom. The lowest BCUT2D eigenvalue weighted by atomic mass is 9.83. The van der Waals surface area contributed by atoms with E-state index in [2.05, 4.69) is 30.4 Å². The van der Waals surface area contributed by atoms with E-state index in [-0.39, 0.29) is 24.4 Å². The molecule has 0 bridgehead atoms. The molecule has 0 aromatic heterocycles. The monoisotopic (exact) mass is 376 g/mol. The van der Waals surface area contributed by atoms with Gasteiger partial charge in [0.1, 0.15) is 0 Å². The number of aryl methyl sites for hydroxylation is 1. The van der Waals surface area contributed by atoms with E-state index in [0.717, 1.165) is 30.6 Å². The van der Waals surface area contributed by atoms with E-state index < -0.39 is 0 Å². The second kappa shape index (κ2) is 7.36. The van der Waals surface area contributed by atoms with Crippen LogP contribution in [0.15, 0.2) is 42.5 Å². The highest BCUT2D eigenvalue weighted by atomic mass is 35.5. The quantitative estimate of drug-likeness (QED) is 0.876. The van der Waals surface area contributed by atoms with Gasteiger partial charge in [0, 0.05) is 25.6 Å². The summed E-state index contributed by atoms with van der Waals surface area (Å²) < 4.78 is 0. The zero-order valence-corrected chi connectivity index (χ0v) is 15.7. The molecule has 2 aliphatic heterocycles. The van der Waals surface area contributed by atoms with Crippen LogP contribution >= 0.6 is 24.0 Å². The van der Waals surface area contributed by atoms with E-state index in [1.165, 1.54) is 5.56 Å². The summed E-state index contributed by atoms with van der Waals surface area (Å²) in [6.07, 6.45) is 0.930. The first-order valence-corrected chi connectivity index (χ1v) is 8.94. The van der Waals surface area contributed by atoms with Crippen molar-refractivity contribution < 1.29 is 4.79 Å². The molecule has 132 valence electrons. The van der Waals surface area contributed by atoms with Crippen LogP contribution in [0.5, 0.6) is 0 Å². The average molecular weight is 377 g/mol. The van der Waals surface area contributed by atoms with Crippen LogP contribution in [-0.2, 0) is 13.0 Å². The fourth-order valence-electron chi connectivity index (χ4n) is 3.98. The molecule has 1 N–H and O–H groups in total. The zero-order chi connectivity index (χ0) is 16.7. The SMILES string of the molecule is CCc1cc(Cl)c2c(c1)[C@H]1CNC[C@@H]1N(Cc1ccccc1)C2=O.Cl. The molecule has 0 spiro atoms. The zero-order valence-electron chi connectivity index (χ0n) is 14.2. The predicted molar refractivity (Wildman–Crippen MR) is 104 cm³/mol. The van der Waals surface area contributed by atoms with Crippen LogP contribution < -0.4 is 5.32 Å². The minimum atomic E-state index is 0. The molecule has 25 heavy (non-hydrogen) atoms. The molecular formula is C20H22Cl2N2O. The molecule has 0 unspecified atom stereocenters. The van der Waals surface area contributed by atoms with Crippen molar-refractivity contribution in [1.82, 2.24) is 10.2 Å². The number of hydrogen-bond acceptors (Lipinski definition) is 2. The molecule has 1 amide bonds. The molecule has 5 heteroatoms. The third-order valence-electron chi connectivity index (χ3n) is 5.24. The van der Waals surface area contributed by atoms with Gasteiger partial charge in [-0.25, -0.2) is 0 Å². The van der Waals surface area contributed by atoms with Gasteiger partial charge in [0.05, 0.1) is 16.6 Å². The van der Waals surface area contributed by atoms with Crippen LogP contribution in [-0.4, -0.2) is 29.9 Å². The second-order valence-corrected chi connectivity index (χ2v) is 7.05. The van der Waals surface area contributed by atoms with Gasteiger partial charge in [-0.2, -0.15) is 0 Å². The maximum absolute atomic E-state index is 13.2. The summed E-state index contributed by atoms with van der Waals surface area (Å²) in [5.41, 5.74) is 4.19. The molecule has 3 nitrogen and oxygen atoms in total. The van der Waals surface area contributed by atoms with Crippen LogP contribution in [0.25, 0.3) is 0 Å². The minimum Gasteiger partial charge on any atom is -0.329 e. The predicted octanol–water partition coefficient (Wildman–Crippen LogP) is 4.04. The molecule has 0 radical (unpaired) electrons. The molecular weight excluding hydrogens is 355 g/mol. The molecule has 1 fully saturated rings. The number of halogens is 2. The van der Waals surface area contributed by atoms with Crippen molar-refractivity contribution in [3.8, 4) is 0 Å². The normalized spacial score (nSPS) is 21.5. The van der Waals surface area contributed by atoms with Crippen molar-refractivity contribution in [2.45, 2.75) is 31.8 Å². The number of hydrogen-bond donors (Lipinski definition) is 1. The Hall–Kier alpha value is -1.55. The average Bonchev–Trinajstić information content (AvgIpc) is 3.08. The molecule has 0 saturated carbocycles. The Morgan fingerprint density at radius 2 is 1.92 bits per heavy atom. The Morgan fingerprint density at radius 3 is 2.64 bits per heavy atom. The number of nitrogens with zero attached hydrogens (tertiary/aromatic N) is 1. The topological polar surface area (TPSA) is 32.3 Å². The maximum atomic E-state index is 13.2. The van der Waals surface area contributed by atoms with Gasteiger partial charge in [-0.05, 0) is 29.2 Å². The molecule has 2 aliphatic rings. The summed E-state index contributed by atoms with van der Waals surface area (Å²) in [6, 6.07) is 14.5. The van der Waals surface area contributed by atoms with Gasteiger partial charge in [-0.15, -0.1) is 12.4 Å². The van der Waals surface area contributed by atoms with Gasteiger partial charge < -0.3 is 10.2 Å². The fourth-order valence-corrected chi connectivity index (χ4v) is 4.31. The summed E-state index contributed by atoms with van der Waals surface area (Å²) in [4.78, 5) is 15.2. The number of amides is 1. The van der Waals surface area contributed by atoms with Gasteiger partial charge in [-0.3, -0.25) is 4.79 Å². The number of benzene rings is 2. The number of nitrogens with one attached hydrogen (secondary N) is 1. The lowest BCUT2D eigenvalue weighted by Gasteiger charge is -2.39. The van der Waals surface area contributed by atoms with E-state index in [1.54, 1.807) is 0 Å². The summed E-state index contributed by atoms with van der Waals surface area (Å²) >= 11 is 6.51. The molecule has 4 rings (SSSR count). The molecule has 1 saturated heterocycles. The standard InChI is InChI=1S/C20H21ClN2O.ClH/c1-2-13-8-15-16-10-22-11-18(16)23(12-14-6-4-3-5-7-14)20(24)19(15)17(21)9-13;/h3-9,16,18,22H,2,10-12H2,1H3;1H/t16-,18+;/m1./s1. The van der Waals surface area contributed by atoms with Gasteiger partial charge >= 0.3 is 0 Å². The van der Waals surface area contributed by atoms with E-state index in [4.69, 9.17) is 11.6 Å². The third kappa shape index (κ3) is 3.17. The number of carbonyl (C=O) groups excluding carboxylic acids is 1. The van der Waals surface area contributed by atoms with Gasteiger partial charge in [0.2, 0.25) is 0 Å². The number of carbonyl (C=O) groups is 1. The summed E-state index contributed by atoms with van der Waals surface area (Å²) in [7, 11) is 0. The van der Waals surface area contributed by atoms with Gasteiger partial charge in [0.15, 0.2) is 0 Å². The Kier molecular flexibility index (Phi) is 5.38. The molecule has 2 aromatic rings. The highest BCUT2D eigenvalue weighted by Crippen LogP contribution is 2.40. The summed E-state index contributed by atoms with van der Waals surface area (Å²) in [6.45, 7) is 4.50. The Balaban J connectivity index is 0.00000182. The third-order valence-corrected chi connectivity index (χ3v) is 5.54. The maximum Gasteiger partial charge on any atom is 0.256 e. The highest BCUT2D eigenvalue weighted by Gasteiger charge is 2.43. The smallest absolute Gasteiger partial charge is 0.256 e. The van der Waals surface area contributed by atoms with Gasteiger partial charge in [0.25, 0.3) is 5.91 Å². The van der Waals surface area contributed by atoms with Crippen LogP contribution in [0.3, 0.4) is 0 Å². The van der Waals surface area contributed by atoms with Crippen molar-refractivity contribution in [2.75, 3.05) is 13.1 Å². The van der Waals surface area contributed by atoms with E-state index in [0.29, 0.717) is 23.0 Å². The van der Waals surface area contributed by atoms with Crippen LogP contribution in [0.4, 0.5) is 0 Å². The molecule has 2 aromatic carbocycles. The second-order valence-electron chi connectivity index (χ2n) is 6.65. The molecule has 2 atom stereocenters. The summed E-state index contributed by atoms with van der Waals surface area (Å²) in [5, 5.41) is 4.06. The van der Waals surface area contributed by atoms with Crippen LogP contribution in [0.1, 0.15) is 39.9 Å². The molecule has 2 heterocycles. The van der Waals surface area contributed by atoms with E-state index in [9.17, 15) is 4.79 Å². The lowest BCUT2D eigenvalue weighted by molar-refractivity contribution is 0.0630. The van der Waals surface area contributed by atoms with Crippen molar-refractivity contribution >= 4 is 29.9 Å². The first kappa shape index (κ1) is 18.2. The number of rotatable bonds is 3. The van der Waals surface area contributed by atoms with Crippen LogP contribution in [0.2, 0.25) is 5.02 Å². The van der Waals surface area contributed by atoms with Crippen LogP contribution in [0, 0.1) is 0 Å². The van der Waals surface area contributed by atoms with Crippen molar-refractivity contribution in [2.24, 2.45) is 0 Å². The lowest BCUT2D eigenvalue weighted by Crippen LogP contribution is -2.47. The van der Waals surface area contributed by atoms with E-state index >= 15 is 0 Å². The minimum absolute atomic E-state index is 0. The summed E-state index contributed by atoms with van der Waals surface area (Å²) in [5.74, 6) is 0.386. The first-order chi connectivity index (χ1) is 11.7. The highest BCUT2D eigenvalue weighted by molar-refractivity contribution is 6.34. The van der Waals surface area contributed by atoms with Crippen molar-refractivity contribution in [3.05, 3.63) is 69.7 Å². The molecule has 0 aliphatic carbocycles. The Bertz CT molecular complexity index is 779. The van der Waals surface area contributed by atoms with E-state index in [1.807, 2.05) is 29.2 Å². The Labute approximate surface area is 159 Å². The largest absolute Gasteiger partial charge is 0.329 e. The first-order valence-electron chi connectivity index (χ1n) is 8.57. The number of fused-ring (bicyclic) bond motifs is 3. The fraction of sp³-hybridized carbons (Fsp3) is 0.350. The van der Waals surface area contributed by atoms with Gasteiger partial charge in [-0.1, -0.05) is 54.9 Å².